The van der Waals surface area contributed by atoms with Crippen LogP contribution < -0.4 is 0 Å². The number of hydrogen-bond acceptors (Lipinski definition) is 2. The lowest BCUT2D eigenvalue weighted by Gasteiger charge is -2.33. The molecule has 0 unspecified atom stereocenters. The summed E-state index contributed by atoms with van der Waals surface area (Å²) in [5.74, 6) is 0. The van der Waals surface area contributed by atoms with E-state index >= 15 is 0 Å². The van der Waals surface area contributed by atoms with Gasteiger partial charge in [0.1, 0.15) is 0 Å². The van der Waals surface area contributed by atoms with E-state index in [0.29, 0.717) is 0 Å². The second-order valence-corrected chi connectivity index (χ2v) is 4.83. The Morgan fingerprint density at radius 2 is 1.81 bits per heavy atom. The average Bonchev–Trinajstić information content (AvgIpc) is 2.31. The smallest absolute Gasteiger partial charge is 0.0501 e. The van der Waals surface area contributed by atoms with E-state index < -0.39 is 0 Å². The van der Waals surface area contributed by atoms with Crippen LogP contribution in [0, 0.1) is 5.41 Å². The van der Waals surface area contributed by atoms with Gasteiger partial charge in [-0.3, -0.25) is 0 Å². The molecule has 1 aliphatic carbocycles. The molecular weight excluding hydrogens is 198 g/mol. The van der Waals surface area contributed by atoms with Gasteiger partial charge in [-0.2, -0.15) is 0 Å². The minimum Gasteiger partial charge on any atom is -0.411 e. The number of benzene rings is 1. The first-order chi connectivity index (χ1) is 7.85. The van der Waals surface area contributed by atoms with Gasteiger partial charge in [-0.25, -0.2) is 0 Å². The van der Waals surface area contributed by atoms with Crippen molar-refractivity contribution in [3.05, 3.63) is 35.9 Å². The summed E-state index contributed by atoms with van der Waals surface area (Å²) in [6.45, 7) is 0. The SMILES string of the molecule is ON=CC1(Cc2ccccc2)CCCCC1. The van der Waals surface area contributed by atoms with Crippen molar-refractivity contribution in [3.8, 4) is 0 Å². The largest absolute Gasteiger partial charge is 0.411 e. The molecule has 0 spiro atoms. The zero-order valence-electron chi connectivity index (χ0n) is 9.60. The van der Waals surface area contributed by atoms with Crippen LogP contribution >= 0.6 is 0 Å². The van der Waals surface area contributed by atoms with E-state index in [-0.39, 0.29) is 5.41 Å². The monoisotopic (exact) mass is 217 g/mol. The van der Waals surface area contributed by atoms with Crippen LogP contribution in [-0.2, 0) is 6.42 Å². The summed E-state index contributed by atoms with van der Waals surface area (Å²) in [6, 6.07) is 10.5. The number of rotatable bonds is 3. The van der Waals surface area contributed by atoms with Crippen LogP contribution in [0.25, 0.3) is 0 Å². The standard InChI is InChI=1S/C14H19NO/c16-15-12-14(9-5-2-6-10-14)11-13-7-3-1-4-8-13/h1,3-4,7-8,12,16H,2,5-6,9-11H2. The van der Waals surface area contributed by atoms with Crippen molar-refractivity contribution < 1.29 is 5.21 Å². The maximum absolute atomic E-state index is 8.83. The highest BCUT2D eigenvalue weighted by molar-refractivity contribution is 5.65. The fourth-order valence-electron chi connectivity index (χ4n) is 2.73. The third-order valence-electron chi connectivity index (χ3n) is 3.58. The number of oxime groups is 1. The molecule has 0 aliphatic heterocycles. The molecule has 0 bridgehead atoms. The second-order valence-electron chi connectivity index (χ2n) is 4.83. The van der Waals surface area contributed by atoms with E-state index in [4.69, 9.17) is 5.21 Å². The molecule has 2 heteroatoms. The van der Waals surface area contributed by atoms with Crippen molar-refractivity contribution in [2.45, 2.75) is 38.5 Å². The van der Waals surface area contributed by atoms with Crippen LogP contribution in [0.5, 0.6) is 0 Å². The topological polar surface area (TPSA) is 32.6 Å². The Labute approximate surface area is 97.0 Å². The molecule has 2 nitrogen and oxygen atoms in total. The van der Waals surface area contributed by atoms with E-state index in [1.54, 1.807) is 6.21 Å². The first-order valence-corrected chi connectivity index (χ1v) is 6.07. The molecule has 0 atom stereocenters. The maximum Gasteiger partial charge on any atom is 0.0501 e. The van der Waals surface area contributed by atoms with E-state index in [0.717, 1.165) is 19.3 Å². The van der Waals surface area contributed by atoms with Gasteiger partial charge in [-0.05, 0) is 24.8 Å². The van der Waals surface area contributed by atoms with E-state index in [1.165, 1.54) is 24.8 Å². The van der Waals surface area contributed by atoms with Gasteiger partial charge in [0.25, 0.3) is 0 Å². The normalized spacial score (nSPS) is 20.0. The van der Waals surface area contributed by atoms with Crippen LogP contribution in [0.15, 0.2) is 35.5 Å². The molecule has 0 amide bonds. The molecule has 1 fully saturated rings. The quantitative estimate of drug-likeness (QED) is 0.468. The third-order valence-corrected chi connectivity index (χ3v) is 3.58. The molecule has 0 saturated heterocycles. The Bertz CT molecular complexity index is 339. The lowest BCUT2D eigenvalue weighted by atomic mass is 9.71. The van der Waals surface area contributed by atoms with Gasteiger partial charge in [-0.15, -0.1) is 5.16 Å². The second kappa shape index (κ2) is 5.15. The summed E-state index contributed by atoms with van der Waals surface area (Å²) in [5.41, 5.74) is 1.43. The predicted octanol–water partition coefficient (Wildman–Crippen LogP) is 3.64. The van der Waals surface area contributed by atoms with Crippen LogP contribution in [0.3, 0.4) is 0 Å². The average molecular weight is 217 g/mol. The van der Waals surface area contributed by atoms with Crippen molar-refractivity contribution in [1.82, 2.24) is 0 Å². The van der Waals surface area contributed by atoms with E-state index in [2.05, 4.69) is 29.4 Å². The Morgan fingerprint density at radius 3 is 2.44 bits per heavy atom. The molecular formula is C14H19NO. The summed E-state index contributed by atoms with van der Waals surface area (Å²) < 4.78 is 0. The van der Waals surface area contributed by atoms with Gasteiger partial charge >= 0.3 is 0 Å². The van der Waals surface area contributed by atoms with Gasteiger partial charge in [0.2, 0.25) is 0 Å². The summed E-state index contributed by atoms with van der Waals surface area (Å²) >= 11 is 0. The third kappa shape index (κ3) is 2.63. The summed E-state index contributed by atoms with van der Waals surface area (Å²) in [6.07, 6.45) is 8.86. The maximum atomic E-state index is 8.83. The van der Waals surface area contributed by atoms with Gasteiger partial charge in [0, 0.05) is 5.41 Å². The van der Waals surface area contributed by atoms with Crippen LogP contribution in [0.2, 0.25) is 0 Å². The lowest BCUT2D eigenvalue weighted by Crippen LogP contribution is -2.28. The molecule has 0 aromatic heterocycles. The summed E-state index contributed by atoms with van der Waals surface area (Å²) in [5, 5.41) is 12.1. The van der Waals surface area contributed by atoms with Crippen molar-refractivity contribution in [1.29, 1.82) is 0 Å². The van der Waals surface area contributed by atoms with Gasteiger partial charge in [0.05, 0.1) is 6.21 Å². The summed E-state index contributed by atoms with van der Waals surface area (Å²) in [7, 11) is 0. The summed E-state index contributed by atoms with van der Waals surface area (Å²) in [4.78, 5) is 0. The van der Waals surface area contributed by atoms with Gasteiger partial charge in [-0.1, -0.05) is 49.6 Å². The molecule has 16 heavy (non-hydrogen) atoms. The van der Waals surface area contributed by atoms with Crippen molar-refractivity contribution in [2.75, 3.05) is 0 Å². The Balaban J connectivity index is 2.13. The highest BCUT2D eigenvalue weighted by atomic mass is 16.4. The fourth-order valence-corrected chi connectivity index (χ4v) is 2.73. The molecule has 86 valence electrons. The van der Waals surface area contributed by atoms with Crippen LogP contribution in [0.1, 0.15) is 37.7 Å². The molecule has 2 rings (SSSR count). The molecule has 1 aliphatic rings. The highest BCUT2D eigenvalue weighted by Gasteiger charge is 2.30. The zero-order chi connectivity index (χ0) is 11.3. The minimum atomic E-state index is 0.0916. The van der Waals surface area contributed by atoms with Gasteiger partial charge in [0.15, 0.2) is 0 Å². The van der Waals surface area contributed by atoms with E-state index in [9.17, 15) is 0 Å². The zero-order valence-corrected chi connectivity index (χ0v) is 9.60. The Kier molecular flexibility index (Phi) is 3.60. The van der Waals surface area contributed by atoms with Crippen molar-refractivity contribution in [3.63, 3.8) is 0 Å². The van der Waals surface area contributed by atoms with E-state index in [1.807, 2.05) is 6.07 Å². The molecule has 0 radical (unpaired) electrons. The number of nitrogens with zero attached hydrogens (tertiary/aromatic N) is 1. The Morgan fingerprint density at radius 1 is 1.12 bits per heavy atom. The van der Waals surface area contributed by atoms with Crippen LogP contribution in [0.4, 0.5) is 0 Å². The fraction of sp³-hybridized carbons (Fsp3) is 0.500. The Hall–Kier alpha value is -1.31. The first kappa shape index (κ1) is 11.2. The number of hydrogen-bond donors (Lipinski definition) is 1. The molecule has 1 saturated carbocycles. The minimum absolute atomic E-state index is 0.0916. The highest BCUT2D eigenvalue weighted by Crippen LogP contribution is 2.37. The molecule has 0 heterocycles. The van der Waals surface area contributed by atoms with Crippen molar-refractivity contribution in [2.24, 2.45) is 10.6 Å². The van der Waals surface area contributed by atoms with Crippen LogP contribution in [-0.4, -0.2) is 11.4 Å². The van der Waals surface area contributed by atoms with Crippen molar-refractivity contribution >= 4 is 6.21 Å². The molecule has 1 aromatic carbocycles. The molecule has 1 aromatic rings. The molecule has 1 N–H and O–H groups in total. The van der Waals surface area contributed by atoms with Gasteiger partial charge < -0.3 is 5.21 Å². The predicted molar refractivity (Wildman–Crippen MR) is 65.9 cm³/mol. The lowest BCUT2D eigenvalue weighted by molar-refractivity contribution is 0.266. The first-order valence-electron chi connectivity index (χ1n) is 6.07.